The van der Waals surface area contributed by atoms with Crippen molar-refractivity contribution >= 4 is 29.0 Å². The van der Waals surface area contributed by atoms with E-state index in [4.69, 9.17) is 0 Å². The minimum absolute atomic E-state index is 0.0257. The summed E-state index contributed by atoms with van der Waals surface area (Å²) >= 11 is 3.17. The van der Waals surface area contributed by atoms with Gasteiger partial charge < -0.3 is 9.88 Å². The monoisotopic (exact) mass is 310 g/mol. The van der Waals surface area contributed by atoms with Crippen LogP contribution in [0.5, 0.6) is 0 Å². The molecule has 108 valence electrons. The molecule has 0 bridgehead atoms. The molecule has 0 radical (unpaired) electrons. The maximum absolute atomic E-state index is 11.6. The van der Waals surface area contributed by atoms with Crippen molar-refractivity contribution in [1.29, 1.82) is 0 Å². The molecule has 0 aromatic carbocycles. The molecule has 1 N–H and O–H groups in total. The first-order valence-electron chi connectivity index (χ1n) is 6.47. The highest BCUT2D eigenvalue weighted by molar-refractivity contribution is 7.99. The molecule has 5 nitrogen and oxygen atoms in total. The fourth-order valence-corrected chi connectivity index (χ4v) is 3.14. The molecular weight excluding hydrogens is 292 g/mol. The average Bonchev–Trinajstić information content (AvgIpc) is 3.04. The molecule has 0 spiro atoms. The van der Waals surface area contributed by atoms with E-state index >= 15 is 0 Å². The minimum atomic E-state index is 0.0257. The van der Waals surface area contributed by atoms with Gasteiger partial charge in [0.15, 0.2) is 5.16 Å². The second kappa shape index (κ2) is 7.44. The normalized spacial score (nSPS) is 10.9. The molecule has 0 aliphatic carbocycles. The largest absolute Gasteiger partial charge is 0.353 e. The Hall–Kier alpha value is -1.34. The van der Waals surface area contributed by atoms with Crippen LogP contribution in [0.3, 0.4) is 0 Å². The summed E-state index contributed by atoms with van der Waals surface area (Å²) in [5.74, 6) is 0.397. The Kier molecular flexibility index (Phi) is 5.60. The molecule has 0 saturated carbocycles. The van der Waals surface area contributed by atoms with Crippen LogP contribution in [0.4, 0.5) is 0 Å². The van der Waals surface area contributed by atoms with Crippen LogP contribution in [0.1, 0.15) is 18.7 Å². The third kappa shape index (κ3) is 4.64. The van der Waals surface area contributed by atoms with Crippen molar-refractivity contribution in [3.8, 4) is 0 Å². The zero-order valence-electron chi connectivity index (χ0n) is 11.6. The molecule has 2 heterocycles. The van der Waals surface area contributed by atoms with Gasteiger partial charge in [0, 0.05) is 17.5 Å². The predicted octanol–water partition coefficient (Wildman–Crippen LogP) is 2.20. The minimum Gasteiger partial charge on any atom is -0.353 e. The average molecular weight is 310 g/mol. The van der Waals surface area contributed by atoms with E-state index in [2.05, 4.69) is 33.0 Å². The van der Waals surface area contributed by atoms with E-state index in [1.54, 1.807) is 17.7 Å². The molecule has 1 amide bonds. The van der Waals surface area contributed by atoms with Gasteiger partial charge in [-0.1, -0.05) is 17.8 Å². The zero-order valence-corrected chi connectivity index (χ0v) is 13.2. The summed E-state index contributed by atoms with van der Waals surface area (Å²) in [4.78, 5) is 13.0. The third-order valence-corrected chi connectivity index (χ3v) is 4.46. The summed E-state index contributed by atoms with van der Waals surface area (Å²) in [5, 5.41) is 13.7. The standard InChI is InChI=1S/C13H18N4OS2/c1-10(2)15-12(18)8-20-13-16-14-9-17(13)6-5-11-4-3-7-19-11/h3-4,7,9-10H,5-6,8H2,1-2H3,(H,15,18). The van der Waals surface area contributed by atoms with Crippen molar-refractivity contribution < 1.29 is 4.79 Å². The Morgan fingerprint density at radius 1 is 1.55 bits per heavy atom. The number of amides is 1. The fraction of sp³-hybridized carbons (Fsp3) is 0.462. The highest BCUT2D eigenvalue weighted by Gasteiger charge is 2.09. The van der Waals surface area contributed by atoms with Gasteiger partial charge in [0.05, 0.1) is 5.75 Å². The SMILES string of the molecule is CC(C)NC(=O)CSc1nncn1CCc1cccs1. The van der Waals surface area contributed by atoms with Crippen LogP contribution in [0.15, 0.2) is 29.0 Å². The number of nitrogens with one attached hydrogen (secondary N) is 1. The molecule has 2 aromatic rings. The van der Waals surface area contributed by atoms with Crippen LogP contribution in [0.2, 0.25) is 0 Å². The number of aryl methyl sites for hydroxylation is 2. The van der Waals surface area contributed by atoms with Gasteiger partial charge in [0.1, 0.15) is 6.33 Å². The number of carbonyl (C=O) groups excluding carboxylic acids is 1. The van der Waals surface area contributed by atoms with Crippen LogP contribution in [0, 0.1) is 0 Å². The van der Waals surface area contributed by atoms with E-state index in [0.29, 0.717) is 5.75 Å². The number of aromatic nitrogens is 3. The summed E-state index contributed by atoms with van der Waals surface area (Å²) < 4.78 is 1.99. The third-order valence-electron chi connectivity index (χ3n) is 2.54. The van der Waals surface area contributed by atoms with Gasteiger partial charge >= 0.3 is 0 Å². The molecule has 0 fully saturated rings. The van der Waals surface area contributed by atoms with E-state index in [1.807, 2.05) is 18.4 Å². The van der Waals surface area contributed by atoms with Crippen molar-refractivity contribution in [2.24, 2.45) is 0 Å². The van der Waals surface area contributed by atoms with Gasteiger partial charge in [-0.15, -0.1) is 21.5 Å². The molecule has 2 rings (SSSR count). The number of carbonyl (C=O) groups is 1. The molecule has 0 aliphatic heterocycles. The van der Waals surface area contributed by atoms with E-state index < -0.39 is 0 Å². The van der Waals surface area contributed by atoms with Gasteiger partial charge in [-0.2, -0.15) is 0 Å². The maximum Gasteiger partial charge on any atom is 0.230 e. The van der Waals surface area contributed by atoms with Crippen LogP contribution >= 0.6 is 23.1 Å². The van der Waals surface area contributed by atoms with Gasteiger partial charge in [-0.25, -0.2) is 0 Å². The summed E-state index contributed by atoms with van der Waals surface area (Å²) in [7, 11) is 0. The molecular formula is C13H18N4OS2. The smallest absolute Gasteiger partial charge is 0.230 e. The lowest BCUT2D eigenvalue weighted by Crippen LogP contribution is -2.31. The molecule has 20 heavy (non-hydrogen) atoms. The molecule has 2 aromatic heterocycles. The van der Waals surface area contributed by atoms with E-state index in [1.165, 1.54) is 16.6 Å². The maximum atomic E-state index is 11.6. The van der Waals surface area contributed by atoms with Crippen molar-refractivity contribution in [2.75, 3.05) is 5.75 Å². The second-order valence-electron chi connectivity index (χ2n) is 4.65. The van der Waals surface area contributed by atoms with Gasteiger partial charge in [-0.05, 0) is 31.7 Å². The first-order valence-corrected chi connectivity index (χ1v) is 8.34. The number of hydrogen-bond donors (Lipinski definition) is 1. The molecule has 7 heteroatoms. The summed E-state index contributed by atoms with van der Waals surface area (Å²) in [5.41, 5.74) is 0. The lowest BCUT2D eigenvalue weighted by molar-refractivity contribution is -0.119. The topological polar surface area (TPSA) is 59.8 Å². The van der Waals surface area contributed by atoms with Gasteiger partial charge in [-0.3, -0.25) is 4.79 Å². The number of nitrogens with zero attached hydrogens (tertiary/aromatic N) is 3. The number of hydrogen-bond acceptors (Lipinski definition) is 5. The van der Waals surface area contributed by atoms with E-state index in [-0.39, 0.29) is 11.9 Å². The lowest BCUT2D eigenvalue weighted by atomic mass is 10.3. The van der Waals surface area contributed by atoms with Crippen molar-refractivity contribution in [2.45, 2.75) is 38.0 Å². The molecule has 0 saturated heterocycles. The number of thioether (sulfide) groups is 1. The zero-order chi connectivity index (χ0) is 14.4. The van der Waals surface area contributed by atoms with Crippen LogP contribution in [0.25, 0.3) is 0 Å². The van der Waals surface area contributed by atoms with Crippen molar-refractivity contribution in [3.05, 3.63) is 28.7 Å². The Morgan fingerprint density at radius 2 is 2.40 bits per heavy atom. The Balaban J connectivity index is 1.83. The summed E-state index contributed by atoms with van der Waals surface area (Å²) in [6.07, 6.45) is 2.68. The molecule has 0 atom stereocenters. The fourth-order valence-electron chi connectivity index (χ4n) is 1.69. The molecule has 0 aliphatic rings. The summed E-state index contributed by atoms with van der Waals surface area (Å²) in [6, 6.07) is 4.34. The van der Waals surface area contributed by atoms with Crippen LogP contribution in [-0.2, 0) is 17.8 Å². The van der Waals surface area contributed by atoms with Crippen LogP contribution in [-0.4, -0.2) is 32.5 Å². The number of rotatable bonds is 7. The first-order chi connectivity index (χ1) is 9.65. The van der Waals surface area contributed by atoms with E-state index in [9.17, 15) is 4.79 Å². The van der Waals surface area contributed by atoms with Gasteiger partial charge in [0.2, 0.25) is 5.91 Å². The summed E-state index contributed by atoms with van der Waals surface area (Å²) in [6.45, 7) is 4.74. The number of thiophene rings is 1. The second-order valence-corrected chi connectivity index (χ2v) is 6.62. The highest BCUT2D eigenvalue weighted by atomic mass is 32.2. The lowest BCUT2D eigenvalue weighted by Gasteiger charge is -2.08. The predicted molar refractivity (Wildman–Crippen MR) is 82.0 cm³/mol. The quantitative estimate of drug-likeness (QED) is 0.797. The van der Waals surface area contributed by atoms with Gasteiger partial charge in [0.25, 0.3) is 0 Å². The molecule has 0 unspecified atom stereocenters. The highest BCUT2D eigenvalue weighted by Crippen LogP contribution is 2.16. The first kappa shape index (κ1) is 15.1. The van der Waals surface area contributed by atoms with Crippen LogP contribution < -0.4 is 5.32 Å². The Labute approximate surface area is 126 Å². The Morgan fingerprint density at radius 3 is 3.10 bits per heavy atom. The van der Waals surface area contributed by atoms with E-state index in [0.717, 1.165) is 18.1 Å². The Bertz CT molecular complexity index is 536. The van der Waals surface area contributed by atoms with Crippen molar-refractivity contribution in [1.82, 2.24) is 20.1 Å². The van der Waals surface area contributed by atoms with Crippen molar-refractivity contribution in [3.63, 3.8) is 0 Å².